The van der Waals surface area contributed by atoms with E-state index in [2.05, 4.69) is 28.1 Å². The van der Waals surface area contributed by atoms with Gasteiger partial charge in [-0.05, 0) is 36.2 Å². The zero-order valence-corrected chi connectivity index (χ0v) is 15.3. The maximum Gasteiger partial charge on any atom is 0.261 e. The number of carbonyl (C=O) groups is 1. The van der Waals surface area contributed by atoms with Gasteiger partial charge in [0.1, 0.15) is 0 Å². The molecule has 4 aromatic rings. The monoisotopic (exact) mass is 361 g/mol. The topological polar surface area (TPSA) is 46.9 Å². The number of para-hydroxylation sites is 2. The van der Waals surface area contributed by atoms with E-state index >= 15 is 0 Å². The van der Waals surface area contributed by atoms with Crippen molar-refractivity contribution in [3.05, 3.63) is 77.2 Å². The number of nitrogens with one attached hydrogen (secondary N) is 1. The van der Waals surface area contributed by atoms with Gasteiger partial charge in [0.15, 0.2) is 5.82 Å². The quantitative estimate of drug-likeness (QED) is 0.577. The Labute approximate surface area is 156 Å². The highest BCUT2D eigenvalue weighted by Gasteiger charge is 2.14. The second-order valence-corrected chi connectivity index (χ2v) is 7.22. The van der Waals surface area contributed by atoms with Gasteiger partial charge in [0.2, 0.25) is 0 Å². The fraction of sp³-hybridized carbons (Fsp3) is 0.143. The summed E-state index contributed by atoms with van der Waals surface area (Å²) in [4.78, 5) is 18.8. The molecule has 1 amide bonds. The summed E-state index contributed by atoms with van der Waals surface area (Å²) in [6, 6.07) is 22.1. The summed E-state index contributed by atoms with van der Waals surface area (Å²) in [5, 5.41) is 3.00. The van der Waals surface area contributed by atoms with E-state index in [0.29, 0.717) is 11.4 Å². The zero-order chi connectivity index (χ0) is 17.9. The highest BCUT2D eigenvalue weighted by Crippen LogP contribution is 2.29. The number of nitrogens with zero attached hydrogens (tertiary/aromatic N) is 2. The number of aryl methyl sites for hydroxylation is 1. The van der Waals surface area contributed by atoms with E-state index in [0.717, 1.165) is 28.2 Å². The first-order valence-electron chi connectivity index (χ1n) is 8.56. The molecular weight excluding hydrogens is 342 g/mol. The van der Waals surface area contributed by atoms with Crippen LogP contribution in [0.25, 0.3) is 21.7 Å². The standard InChI is InChI=1S/C21H19N3OS/c1-24-17-10-6-5-9-16(17)23-20(24)18-11-12-19(26-18)21(25)22-14-13-15-7-3-2-4-8-15/h2-12H,13-14H2,1H3,(H,22,25). The van der Waals surface area contributed by atoms with Crippen molar-refractivity contribution in [2.45, 2.75) is 6.42 Å². The Kier molecular flexibility index (Phi) is 4.54. The van der Waals surface area contributed by atoms with E-state index in [1.54, 1.807) is 0 Å². The second-order valence-electron chi connectivity index (χ2n) is 6.14. The Bertz CT molecular complexity index is 1050. The minimum Gasteiger partial charge on any atom is -0.351 e. The van der Waals surface area contributed by atoms with Crippen LogP contribution in [0.4, 0.5) is 0 Å². The molecule has 0 aliphatic heterocycles. The molecule has 0 spiro atoms. The van der Waals surface area contributed by atoms with Crippen LogP contribution in [-0.4, -0.2) is 22.0 Å². The zero-order valence-electron chi connectivity index (χ0n) is 14.5. The number of imidazole rings is 1. The van der Waals surface area contributed by atoms with Crippen molar-refractivity contribution in [1.29, 1.82) is 0 Å². The molecule has 130 valence electrons. The summed E-state index contributed by atoms with van der Waals surface area (Å²) < 4.78 is 2.07. The first-order chi connectivity index (χ1) is 12.7. The van der Waals surface area contributed by atoms with Gasteiger partial charge in [-0.1, -0.05) is 42.5 Å². The maximum atomic E-state index is 12.4. The van der Waals surface area contributed by atoms with Crippen LogP contribution in [0, 0.1) is 0 Å². The summed E-state index contributed by atoms with van der Waals surface area (Å²) in [6.07, 6.45) is 0.829. The van der Waals surface area contributed by atoms with Gasteiger partial charge in [-0.15, -0.1) is 11.3 Å². The van der Waals surface area contributed by atoms with E-state index in [1.165, 1.54) is 16.9 Å². The largest absolute Gasteiger partial charge is 0.351 e. The van der Waals surface area contributed by atoms with Gasteiger partial charge in [-0.3, -0.25) is 4.79 Å². The Hall–Kier alpha value is -2.92. The summed E-state index contributed by atoms with van der Waals surface area (Å²) in [6.45, 7) is 0.627. The first kappa shape index (κ1) is 16.5. The average molecular weight is 361 g/mol. The summed E-state index contributed by atoms with van der Waals surface area (Å²) in [5.74, 6) is 0.857. The lowest BCUT2D eigenvalue weighted by atomic mass is 10.1. The molecule has 5 heteroatoms. The minimum atomic E-state index is -0.0315. The molecule has 0 saturated carbocycles. The van der Waals surface area contributed by atoms with Crippen molar-refractivity contribution in [3.8, 4) is 10.7 Å². The average Bonchev–Trinajstić information content (AvgIpc) is 3.28. The molecule has 2 aromatic heterocycles. The van der Waals surface area contributed by atoms with Crippen molar-refractivity contribution < 1.29 is 4.79 Å². The van der Waals surface area contributed by atoms with Gasteiger partial charge in [-0.2, -0.15) is 0 Å². The summed E-state index contributed by atoms with van der Waals surface area (Å²) in [7, 11) is 2.00. The predicted octanol–water partition coefficient (Wildman–Crippen LogP) is 4.27. The van der Waals surface area contributed by atoms with Crippen LogP contribution in [0.5, 0.6) is 0 Å². The minimum absolute atomic E-state index is 0.0315. The lowest BCUT2D eigenvalue weighted by Crippen LogP contribution is -2.24. The molecule has 0 fully saturated rings. The third kappa shape index (κ3) is 3.26. The van der Waals surface area contributed by atoms with Crippen molar-refractivity contribution >= 4 is 28.3 Å². The lowest BCUT2D eigenvalue weighted by Gasteiger charge is -2.03. The van der Waals surface area contributed by atoms with Gasteiger partial charge in [0.25, 0.3) is 5.91 Å². The molecule has 26 heavy (non-hydrogen) atoms. The van der Waals surface area contributed by atoms with Gasteiger partial charge in [0.05, 0.1) is 20.8 Å². The normalized spacial score (nSPS) is 11.0. The number of aromatic nitrogens is 2. The lowest BCUT2D eigenvalue weighted by molar-refractivity contribution is 0.0958. The third-order valence-electron chi connectivity index (χ3n) is 4.38. The smallest absolute Gasteiger partial charge is 0.261 e. The highest BCUT2D eigenvalue weighted by atomic mass is 32.1. The number of thiophene rings is 1. The van der Waals surface area contributed by atoms with Crippen molar-refractivity contribution in [2.24, 2.45) is 7.05 Å². The molecule has 0 saturated heterocycles. The van der Waals surface area contributed by atoms with E-state index < -0.39 is 0 Å². The van der Waals surface area contributed by atoms with Crippen LogP contribution in [-0.2, 0) is 13.5 Å². The van der Waals surface area contributed by atoms with E-state index in [-0.39, 0.29) is 5.91 Å². The SMILES string of the molecule is Cn1c(-c2ccc(C(=O)NCCc3ccccc3)s2)nc2ccccc21. The van der Waals surface area contributed by atoms with Crippen LogP contribution in [0.1, 0.15) is 15.2 Å². The second kappa shape index (κ2) is 7.14. The van der Waals surface area contributed by atoms with E-state index in [1.807, 2.05) is 55.6 Å². The number of amides is 1. The molecule has 0 bridgehead atoms. The van der Waals surface area contributed by atoms with Gasteiger partial charge in [0, 0.05) is 13.6 Å². The van der Waals surface area contributed by atoms with E-state index in [9.17, 15) is 4.79 Å². The number of benzene rings is 2. The summed E-state index contributed by atoms with van der Waals surface area (Å²) >= 11 is 1.47. The van der Waals surface area contributed by atoms with Crippen LogP contribution < -0.4 is 5.32 Å². The number of hydrogen-bond acceptors (Lipinski definition) is 3. The third-order valence-corrected chi connectivity index (χ3v) is 5.46. The fourth-order valence-corrected chi connectivity index (χ4v) is 3.95. The molecule has 4 nitrogen and oxygen atoms in total. The highest BCUT2D eigenvalue weighted by molar-refractivity contribution is 7.17. The van der Waals surface area contributed by atoms with Crippen LogP contribution >= 0.6 is 11.3 Å². The number of carbonyl (C=O) groups excluding carboxylic acids is 1. The van der Waals surface area contributed by atoms with E-state index in [4.69, 9.17) is 4.98 Å². The Balaban J connectivity index is 1.46. The number of hydrogen-bond donors (Lipinski definition) is 1. The van der Waals surface area contributed by atoms with Crippen molar-refractivity contribution in [1.82, 2.24) is 14.9 Å². The maximum absolute atomic E-state index is 12.4. The molecule has 0 aliphatic carbocycles. The molecular formula is C21H19N3OS. The molecule has 2 heterocycles. The molecule has 0 radical (unpaired) electrons. The molecule has 0 unspecified atom stereocenters. The Morgan fingerprint density at radius 1 is 1.04 bits per heavy atom. The molecule has 4 rings (SSSR count). The van der Waals surface area contributed by atoms with Gasteiger partial charge >= 0.3 is 0 Å². The van der Waals surface area contributed by atoms with Gasteiger partial charge in [-0.25, -0.2) is 4.98 Å². The molecule has 1 N–H and O–H groups in total. The number of fused-ring (bicyclic) bond motifs is 1. The first-order valence-corrected chi connectivity index (χ1v) is 9.38. The predicted molar refractivity (Wildman–Crippen MR) is 107 cm³/mol. The van der Waals surface area contributed by atoms with Crippen LogP contribution in [0.2, 0.25) is 0 Å². The molecule has 0 aliphatic rings. The Morgan fingerprint density at radius 2 is 1.81 bits per heavy atom. The summed E-state index contributed by atoms with van der Waals surface area (Å²) in [5.41, 5.74) is 3.27. The van der Waals surface area contributed by atoms with Crippen molar-refractivity contribution in [3.63, 3.8) is 0 Å². The van der Waals surface area contributed by atoms with Crippen LogP contribution in [0.15, 0.2) is 66.7 Å². The van der Waals surface area contributed by atoms with Crippen molar-refractivity contribution in [2.75, 3.05) is 6.54 Å². The van der Waals surface area contributed by atoms with Crippen LogP contribution in [0.3, 0.4) is 0 Å². The Morgan fingerprint density at radius 3 is 2.62 bits per heavy atom. The number of rotatable bonds is 5. The fourth-order valence-electron chi connectivity index (χ4n) is 3.00. The van der Waals surface area contributed by atoms with Gasteiger partial charge < -0.3 is 9.88 Å². The molecule has 2 aromatic carbocycles. The molecule has 0 atom stereocenters.